The first-order valence-corrected chi connectivity index (χ1v) is 2.19. The average molecular weight is 297 g/mol. The van der Waals surface area contributed by atoms with Crippen molar-refractivity contribution in [3.8, 4) is 0 Å². The van der Waals surface area contributed by atoms with E-state index in [1.807, 2.05) is 0 Å². The topological polar surface area (TPSA) is 118 Å². The third-order valence-electron chi connectivity index (χ3n) is 0. The van der Waals surface area contributed by atoms with Crippen LogP contribution in [0.1, 0.15) is 0 Å². The summed E-state index contributed by atoms with van der Waals surface area (Å²) < 4.78 is 8.55. The Morgan fingerprint density at radius 2 is 1.14 bits per heavy atom. The molecule has 0 aromatic heterocycles. The van der Waals surface area contributed by atoms with E-state index in [1.165, 1.54) is 0 Å². The first kappa shape index (κ1) is 15.7. The Labute approximate surface area is 54.2 Å². The Kier molecular flexibility index (Phi) is 11.0. The van der Waals surface area contributed by atoms with Gasteiger partial charge in [-0.25, -0.2) is 0 Å². The molecule has 7 heavy (non-hydrogen) atoms. The van der Waals surface area contributed by atoms with Crippen LogP contribution in [0.4, 0.5) is 0 Å². The molecule has 0 fully saturated rings. The Morgan fingerprint density at radius 3 is 1.14 bits per heavy atom. The van der Waals surface area contributed by atoms with E-state index in [0.29, 0.717) is 0 Å². The van der Waals surface area contributed by atoms with Crippen LogP contribution < -0.4 is 14.7 Å². The third-order valence-corrected chi connectivity index (χ3v) is 0. The van der Waals surface area contributed by atoms with Crippen molar-refractivity contribution in [1.29, 1.82) is 0 Å². The van der Waals surface area contributed by atoms with Crippen LogP contribution in [-0.2, 0) is 25.6 Å². The Morgan fingerprint density at radius 1 is 1.14 bits per heavy atom. The van der Waals surface area contributed by atoms with Gasteiger partial charge in [0.25, 0.3) is 0 Å². The van der Waals surface area contributed by atoms with Crippen molar-refractivity contribution in [3.05, 3.63) is 0 Å². The summed E-state index contributed by atoms with van der Waals surface area (Å²) in [6, 6.07) is 0. The molecule has 0 atom stereocenters. The molecule has 0 aromatic carbocycles. The van der Waals surface area contributed by atoms with Crippen LogP contribution in [0.2, 0.25) is 0 Å². The van der Waals surface area contributed by atoms with Gasteiger partial charge in [-0.2, -0.15) is 7.82 Å². The van der Waals surface area contributed by atoms with E-state index < -0.39 is 7.82 Å². The van der Waals surface area contributed by atoms with E-state index in [-0.39, 0.29) is 26.5 Å². The quantitative estimate of drug-likeness (QED) is 0.428. The second-order valence-electron chi connectivity index (χ2n) is 0.447. The molecule has 0 radical (unpaired) electrons. The van der Waals surface area contributed by atoms with E-state index in [4.69, 9.17) is 19.2 Å². The third kappa shape index (κ3) is 266. The summed E-state index contributed by atoms with van der Waals surface area (Å²) in [5, 5.41) is 0. The predicted molar refractivity (Wildman–Crippen MR) is 11.2 cm³/mol. The molecule has 7 heteroatoms. The van der Waals surface area contributed by atoms with Gasteiger partial charge in [-0.3, -0.25) is 0 Å². The van der Waals surface area contributed by atoms with E-state index >= 15 is 0 Å². The summed E-state index contributed by atoms with van der Waals surface area (Å²) in [6.45, 7) is 0. The van der Waals surface area contributed by atoms with E-state index in [1.54, 1.807) is 0 Å². The van der Waals surface area contributed by atoms with Gasteiger partial charge in [-0.1, -0.05) is 0 Å². The number of hydrogen-bond donors (Lipinski definition) is 0. The molecule has 0 unspecified atom stereocenters. The Bertz CT molecular complexity index is 54.2. The number of phosphoric acid groups is 1. The molecule has 2 N–H and O–H groups in total. The fraction of sp³-hybridized carbons (Fsp3) is 0. The van der Waals surface area contributed by atoms with Crippen molar-refractivity contribution < 1.29 is 45.8 Å². The van der Waals surface area contributed by atoms with Crippen LogP contribution in [0.25, 0.3) is 0 Å². The molecule has 0 rings (SSSR count). The maximum atomic E-state index is 8.55. The van der Waals surface area contributed by atoms with E-state index in [9.17, 15) is 0 Å². The maximum Gasteiger partial charge on any atom is 2.00 e. The number of hydrogen-bond acceptors (Lipinski definition) is 4. The molecule has 0 bridgehead atoms. The molecule has 0 heterocycles. The van der Waals surface area contributed by atoms with Crippen LogP contribution in [0, 0.1) is 0 Å². The summed E-state index contributed by atoms with van der Waals surface area (Å²) in [7, 11) is -5.39. The molecule has 0 aliphatic heterocycles. The fourth-order valence-corrected chi connectivity index (χ4v) is 0. The zero-order chi connectivity index (χ0) is 4.50. The van der Waals surface area contributed by atoms with Crippen LogP contribution in [0.15, 0.2) is 0 Å². The molecule has 0 aromatic rings. The molecule has 0 spiro atoms. The summed E-state index contributed by atoms with van der Waals surface area (Å²) in [4.78, 5) is 25.6. The molecule has 0 aliphatic rings. The molecular formula is H2O5PW-. The van der Waals surface area contributed by atoms with Gasteiger partial charge in [0.2, 0.25) is 0 Å². The summed E-state index contributed by atoms with van der Waals surface area (Å²) in [5.74, 6) is 0. The smallest absolute Gasteiger partial charge is 0.822 e. The molecule has 44 valence electrons. The minimum Gasteiger partial charge on any atom is -0.822 e. The zero-order valence-electron chi connectivity index (χ0n) is 2.99. The van der Waals surface area contributed by atoms with Crippen molar-refractivity contribution in [2.24, 2.45) is 0 Å². The molecular weight excluding hydrogens is 295 g/mol. The van der Waals surface area contributed by atoms with Crippen molar-refractivity contribution >= 4 is 7.82 Å². The summed E-state index contributed by atoms with van der Waals surface area (Å²) in [5.41, 5.74) is 0. The standard InChI is InChI=1S/H3O4P.H2O.W/c1-5(2,3)4;;/h(H3,1,2,3,4);1H2;/q;;+2/p-3. The van der Waals surface area contributed by atoms with Gasteiger partial charge in [0.05, 0.1) is 0 Å². The minimum absolute atomic E-state index is 0. The largest absolute Gasteiger partial charge is 2.00 e. The normalized spacial score (nSPS) is 8.43. The van der Waals surface area contributed by atoms with Crippen molar-refractivity contribution in [1.82, 2.24) is 0 Å². The summed E-state index contributed by atoms with van der Waals surface area (Å²) in [6.07, 6.45) is 0. The average Bonchev–Trinajstić information content (AvgIpc) is 0.722. The fourth-order valence-electron chi connectivity index (χ4n) is 0. The Balaban J connectivity index is -0.0000000800. The second-order valence-corrected chi connectivity index (χ2v) is 1.34. The van der Waals surface area contributed by atoms with Gasteiger partial charge in [-0.15, -0.1) is 0 Å². The van der Waals surface area contributed by atoms with Gasteiger partial charge in [-0.05, 0) is 0 Å². The first-order chi connectivity index (χ1) is 2.00. The van der Waals surface area contributed by atoms with Gasteiger partial charge >= 0.3 is 21.1 Å². The van der Waals surface area contributed by atoms with Crippen LogP contribution >= 0.6 is 7.82 Å². The monoisotopic (exact) mass is 297 g/mol. The van der Waals surface area contributed by atoms with Gasteiger partial charge in [0.15, 0.2) is 0 Å². The van der Waals surface area contributed by atoms with Crippen LogP contribution in [0.5, 0.6) is 0 Å². The van der Waals surface area contributed by atoms with Crippen LogP contribution in [-0.4, -0.2) is 5.48 Å². The Hall–Kier alpha value is 0.758. The van der Waals surface area contributed by atoms with Crippen molar-refractivity contribution in [3.63, 3.8) is 0 Å². The first-order valence-electron chi connectivity index (χ1n) is 0.730. The minimum atomic E-state index is -5.39. The van der Waals surface area contributed by atoms with Gasteiger partial charge < -0.3 is 24.7 Å². The molecule has 0 saturated heterocycles. The molecule has 0 saturated carbocycles. The SMILES string of the molecule is O.O=P([O-])([O-])[O-].[W+2]. The zero-order valence-corrected chi connectivity index (χ0v) is 6.82. The van der Waals surface area contributed by atoms with Crippen LogP contribution in [0.3, 0.4) is 0 Å². The molecule has 0 amide bonds. The molecule has 0 aliphatic carbocycles. The number of rotatable bonds is 0. The van der Waals surface area contributed by atoms with E-state index in [0.717, 1.165) is 0 Å². The summed E-state index contributed by atoms with van der Waals surface area (Å²) >= 11 is 0. The molecule has 5 nitrogen and oxygen atoms in total. The predicted octanol–water partition coefficient (Wildman–Crippen LogP) is -3.65. The van der Waals surface area contributed by atoms with E-state index in [2.05, 4.69) is 0 Å². The second kappa shape index (κ2) is 4.91. The van der Waals surface area contributed by atoms with Crippen molar-refractivity contribution in [2.45, 2.75) is 0 Å². The van der Waals surface area contributed by atoms with Gasteiger partial charge in [0, 0.05) is 0 Å². The van der Waals surface area contributed by atoms with Crippen molar-refractivity contribution in [2.75, 3.05) is 0 Å². The maximum absolute atomic E-state index is 8.55. The van der Waals surface area contributed by atoms with Gasteiger partial charge in [0.1, 0.15) is 0 Å².